The lowest BCUT2D eigenvalue weighted by Crippen LogP contribution is -2.19. The predicted molar refractivity (Wildman–Crippen MR) is 130 cm³/mol. The van der Waals surface area contributed by atoms with Crippen LogP contribution in [0.15, 0.2) is 68.0 Å². The Morgan fingerprint density at radius 1 is 0.909 bits per heavy atom. The molecule has 0 fully saturated rings. The Hall–Kier alpha value is -3.04. The molecule has 0 spiro atoms. The third kappa shape index (κ3) is 4.30. The topological polar surface area (TPSA) is 73.1 Å². The molecule has 6 nitrogen and oxygen atoms in total. The van der Waals surface area contributed by atoms with Gasteiger partial charge in [0.1, 0.15) is 5.82 Å². The normalized spacial score (nSPS) is 11.8. The third-order valence-electron chi connectivity index (χ3n) is 5.71. The number of fused-ring (bicyclic) bond motifs is 1. The van der Waals surface area contributed by atoms with Gasteiger partial charge in [0.25, 0.3) is 10.0 Å². The molecular formula is C24H24FN3O3S2. The van der Waals surface area contributed by atoms with Crippen molar-refractivity contribution in [2.75, 3.05) is 4.72 Å². The van der Waals surface area contributed by atoms with Gasteiger partial charge in [0.05, 0.1) is 21.6 Å². The minimum atomic E-state index is -3.91. The number of hydrogen-bond acceptors (Lipinski definition) is 4. The number of halogens is 1. The molecule has 0 saturated carbocycles. The number of hydrogen-bond donors (Lipinski definition) is 1. The molecule has 0 radical (unpaired) electrons. The summed E-state index contributed by atoms with van der Waals surface area (Å²) in [5, 5.41) is 0. The van der Waals surface area contributed by atoms with Crippen molar-refractivity contribution in [3.63, 3.8) is 0 Å². The maximum absolute atomic E-state index is 13.4. The molecular weight excluding hydrogens is 461 g/mol. The molecule has 1 N–H and O–H groups in total. The number of nitrogens with zero attached hydrogens (tertiary/aromatic N) is 2. The first kappa shape index (κ1) is 23.1. The maximum atomic E-state index is 13.4. The van der Waals surface area contributed by atoms with E-state index in [9.17, 15) is 17.6 Å². The molecule has 33 heavy (non-hydrogen) atoms. The van der Waals surface area contributed by atoms with E-state index in [4.69, 9.17) is 0 Å². The van der Waals surface area contributed by atoms with Crippen LogP contribution in [0.2, 0.25) is 0 Å². The number of sulfonamides is 1. The van der Waals surface area contributed by atoms with Gasteiger partial charge in [0.2, 0.25) is 0 Å². The average molecular weight is 486 g/mol. The third-order valence-corrected chi connectivity index (χ3v) is 8.27. The molecule has 3 aromatic carbocycles. The minimum absolute atomic E-state index is 0.208. The summed E-state index contributed by atoms with van der Waals surface area (Å²) in [6.45, 7) is 5.51. The van der Waals surface area contributed by atoms with E-state index >= 15 is 0 Å². The quantitative estimate of drug-likeness (QED) is 0.437. The monoisotopic (exact) mass is 485 g/mol. The average Bonchev–Trinajstić information content (AvgIpc) is 2.96. The molecule has 4 rings (SSSR count). The molecule has 0 atom stereocenters. The number of anilines is 1. The van der Waals surface area contributed by atoms with Gasteiger partial charge in [-0.3, -0.25) is 13.9 Å². The highest BCUT2D eigenvalue weighted by molar-refractivity contribution is 7.99. The predicted octanol–water partition coefficient (Wildman–Crippen LogP) is 4.89. The summed E-state index contributed by atoms with van der Waals surface area (Å²) < 4.78 is 46.0. The molecule has 0 aliphatic rings. The Bertz CT molecular complexity index is 1550. The van der Waals surface area contributed by atoms with Gasteiger partial charge >= 0.3 is 5.69 Å². The van der Waals surface area contributed by atoms with E-state index in [0.29, 0.717) is 27.2 Å². The number of aromatic nitrogens is 2. The van der Waals surface area contributed by atoms with E-state index in [1.165, 1.54) is 33.0 Å². The Balaban J connectivity index is 1.88. The molecule has 0 aliphatic heterocycles. The summed E-state index contributed by atoms with van der Waals surface area (Å²) in [5.74, 6) is -0.355. The maximum Gasteiger partial charge on any atom is 0.328 e. The van der Waals surface area contributed by atoms with Crippen molar-refractivity contribution < 1.29 is 12.8 Å². The molecule has 0 amide bonds. The van der Waals surface area contributed by atoms with Crippen molar-refractivity contribution in [2.45, 2.75) is 35.5 Å². The van der Waals surface area contributed by atoms with Gasteiger partial charge in [-0.25, -0.2) is 17.6 Å². The van der Waals surface area contributed by atoms with E-state index in [-0.39, 0.29) is 16.4 Å². The second-order valence-corrected chi connectivity index (χ2v) is 10.9. The van der Waals surface area contributed by atoms with Crippen LogP contribution in [0.3, 0.4) is 0 Å². The molecule has 4 aromatic rings. The van der Waals surface area contributed by atoms with E-state index in [2.05, 4.69) is 4.72 Å². The second kappa shape index (κ2) is 8.39. The van der Waals surface area contributed by atoms with Gasteiger partial charge in [-0.1, -0.05) is 17.8 Å². The van der Waals surface area contributed by atoms with Crippen molar-refractivity contribution in [2.24, 2.45) is 14.1 Å². The number of rotatable bonds is 5. The van der Waals surface area contributed by atoms with Gasteiger partial charge in [0, 0.05) is 23.9 Å². The van der Waals surface area contributed by atoms with E-state index < -0.39 is 10.0 Å². The van der Waals surface area contributed by atoms with Gasteiger partial charge in [0.15, 0.2) is 0 Å². The van der Waals surface area contributed by atoms with Crippen LogP contribution < -0.4 is 10.4 Å². The van der Waals surface area contributed by atoms with Crippen LogP contribution >= 0.6 is 11.8 Å². The number of imidazole rings is 1. The number of nitrogens with one attached hydrogen (secondary N) is 1. The van der Waals surface area contributed by atoms with Crippen molar-refractivity contribution in [3.05, 3.63) is 81.5 Å². The summed E-state index contributed by atoms with van der Waals surface area (Å²) >= 11 is 1.29. The Morgan fingerprint density at radius 3 is 2.15 bits per heavy atom. The van der Waals surface area contributed by atoms with Gasteiger partial charge in [-0.15, -0.1) is 0 Å². The first-order chi connectivity index (χ1) is 15.5. The van der Waals surface area contributed by atoms with Crippen LogP contribution in [-0.4, -0.2) is 17.6 Å². The highest BCUT2D eigenvalue weighted by Gasteiger charge is 2.22. The highest BCUT2D eigenvalue weighted by Crippen LogP contribution is 2.37. The first-order valence-electron chi connectivity index (χ1n) is 10.2. The molecule has 0 bridgehead atoms. The number of benzene rings is 3. The standard InChI is InChI=1S/C24H24FN3O3S2/c1-14-10-15(2)16(3)23(11-14)33(30,31)26-19-12-20-21(28(5)24(29)27(20)4)13-22(19)32-18-8-6-17(25)7-9-18/h6-13,26H,1-5H3. The Labute approximate surface area is 196 Å². The van der Waals surface area contributed by atoms with Crippen LogP contribution in [-0.2, 0) is 24.1 Å². The van der Waals surface area contributed by atoms with Gasteiger partial charge in [-0.05, 0) is 79.9 Å². The smallest absolute Gasteiger partial charge is 0.295 e. The van der Waals surface area contributed by atoms with Crippen molar-refractivity contribution in [1.82, 2.24) is 9.13 Å². The zero-order chi connectivity index (χ0) is 24.1. The van der Waals surface area contributed by atoms with Gasteiger partial charge < -0.3 is 0 Å². The summed E-state index contributed by atoms with van der Waals surface area (Å²) in [6, 6.07) is 13.0. The fourth-order valence-electron chi connectivity index (χ4n) is 3.80. The molecule has 0 aliphatic carbocycles. The molecule has 1 aromatic heterocycles. The molecule has 172 valence electrons. The molecule has 0 saturated heterocycles. The zero-order valence-electron chi connectivity index (χ0n) is 18.9. The lowest BCUT2D eigenvalue weighted by atomic mass is 10.1. The van der Waals surface area contributed by atoms with Gasteiger partial charge in [-0.2, -0.15) is 0 Å². The first-order valence-corrected chi connectivity index (χ1v) is 12.5. The van der Waals surface area contributed by atoms with Crippen LogP contribution in [0.5, 0.6) is 0 Å². The van der Waals surface area contributed by atoms with E-state index in [0.717, 1.165) is 16.0 Å². The summed E-state index contributed by atoms with van der Waals surface area (Å²) in [6.07, 6.45) is 0. The Kier molecular flexibility index (Phi) is 5.88. The summed E-state index contributed by atoms with van der Waals surface area (Å²) in [4.78, 5) is 14.0. The van der Waals surface area contributed by atoms with Crippen LogP contribution in [0.25, 0.3) is 11.0 Å². The highest BCUT2D eigenvalue weighted by atomic mass is 32.2. The molecule has 9 heteroatoms. The SMILES string of the molecule is Cc1cc(C)c(C)c(S(=O)(=O)Nc2cc3c(cc2Sc2ccc(F)cc2)n(C)c(=O)n3C)c1. The number of aryl methyl sites for hydroxylation is 4. The van der Waals surface area contributed by atoms with Crippen LogP contribution in [0, 0.1) is 26.6 Å². The Morgan fingerprint density at radius 2 is 1.52 bits per heavy atom. The zero-order valence-corrected chi connectivity index (χ0v) is 20.6. The molecule has 0 unspecified atom stereocenters. The lowest BCUT2D eigenvalue weighted by molar-refractivity contribution is 0.600. The van der Waals surface area contributed by atoms with Crippen molar-refractivity contribution >= 4 is 38.5 Å². The fourth-order valence-corrected chi connectivity index (χ4v) is 6.25. The van der Waals surface area contributed by atoms with E-state index in [1.807, 2.05) is 19.9 Å². The lowest BCUT2D eigenvalue weighted by Gasteiger charge is -2.16. The van der Waals surface area contributed by atoms with E-state index in [1.54, 1.807) is 51.4 Å². The fraction of sp³-hybridized carbons (Fsp3) is 0.208. The molecule has 1 heterocycles. The second-order valence-electron chi connectivity index (χ2n) is 8.10. The van der Waals surface area contributed by atoms with Crippen molar-refractivity contribution in [3.8, 4) is 0 Å². The minimum Gasteiger partial charge on any atom is -0.295 e. The van der Waals surface area contributed by atoms with Crippen LogP contribution in [0.1, 0.15) is 16.7 Å². The van der Waals surface area contributed by atoms with Crippen molar-refractivity contribution in [1.29, 1.82) is 0 Å². The largest absolute Gasteiger partial charge is 0.328 e. The summed E-state index contributed by atoms with van der Waals surface area (Å²) in [5.41, 5.74) is 3.80. The summed E-state index contributed by atoms with van der Waals surface area (Å²) in [7, 11) is -0.604. The van der Waals surface area contributed by atoms with Crippen LogP contribution in [0.4, 0.5) is 10.1 Å².